The molecule has 1 rings (SSSR count). The summed E-state index contributed by atoms with van der Waals surface area (Å²) in [6.07, 6.45) is 0.554. The van der Waals surface area contributed by atoms with Crippen LogP contribution in [0.25, 0.3) is 0 Å². The van der Waals surface area contributed by atoms with Crippen molar-refractivity contribution in [3.8, 4) is 0 Å². The quantitative estimate of drug-likeness (QED) is 0.785. The lowest BCUT2D eigenvalue weighted by atomic mass is 10.2. The maximum Gasteiger partial charge on any atom is 0.0894 e. The molecule has 0 fully saturated rings. The Morgan fingerprint density at radius 3 is 2.64 bits per heavy atom. The van der Waals surface area contributed by atoms with Crippen LogP contribution in [0, 0.1) is 0 Å². The molecule has 0 bridgehead atoms. The van der Waals surface area contributed by atoms with Crippen molar-refractivity contribution in [1.29, 1.82) is 0 Å². The second-order valence-corrected chi connectivity index (χ2v) is 4.33. The molecule has 0 aromatic carbocycles. The minimum atomic E-state index is -0.282. The summed E-state index contributed by atoms with van der Waals surface area (Å²) in [5.74, 6) is 0. The Morgan fingerprint density at radius 1 is 1.43 bits per heavy atom. The highest BCUT2D eigenvalue weighted by Crippen LogP contribution is 2.21. The summed E-state index contributed by atoms with van der Waals surface area (Å²) in [6, 6.07) is 3.98. The summed E-state index contributed by atoms with van der Waals surface area (Å²) in [5, 5.41) is 11.8. The van der Waals surface area contributed by atoms with Crippen molar-refractivity contribution in [2.24, 2.45) is 0 Å². The van der Waals surface area contributed by atoms with Crippen molar-refractivity contribution >= 4 is 11.3 Å². The van der Waals surface area contributed by atoms with Crippen molar-refractivity contribution in [3.05, 3.63) is 22.4 Å². The van der Waals surface area contributed by atoms with Crippen LogP contribution in [0.2, 0.25) is 0 Å². The summed E-state index contributed by atoms with van der Waals surface area (Å²) in [7, 11) is 0. The molecular formula is C11H19NOS. The molecule has 1 aromatic rings. The molecule has 1 aromatic heterocycles. The van der Waals surface area contributed by atoms with E-state index >= 15 is 0 Å². The summed E-state index contributed by atoms with van der Waals surface area (Å²) in [6.45, 7) is 7.41. The first-order valence-electron chi connectivity index (χ1n) is 5.21. The lowest BCUT2D eigenvalue weighted by Gasteiger charge is -2.19. The van der Waals surface area contributed by atoms with Gasteiger partial charge in [0.25, 0.3) is 0 Å². The summed E-state index contributed by atoms with van der Waals surface area (Å²) in [4.78, 5) is 3.41. The van der Waals surface area contributed by atoms with E-state index in [1.54, 1.807) is 11.3 Å². The van der Waals surface area contributed by atoms with Crippen LogP contribution in [0.1, 0.15) is 31.2 Å². The van der Waals surface area contributed by atoms with Gasteiger partial charge in [-0.3, -0.25) is 0 Å². The fraction of sp³-hybridized carbons (Fsp3) is 0.636. The van der Waals surface area contributed by atoms with Crippen LogP contribution in [-0.2, 0) is 0 Å². The molecule has 1 atom stereocenters. The van der Waals surface area contributed by atoms with Gasteiger partial charge in [-0.1, -0.05) is 19.9 Å². The molecule has 0 saturated heterocycles. The van der Waals surface area contributed by atoms with Crippen molar-refractivity contribution in [2.75, 3.05) is 19.6 Å². The molecule has 0 amide bonds. The van der Waals surface area contributed by atoms with Gasteiger partial charge in [-0.15, -0.1) is 11.3 Å². The van der Waals surface area contributed by atoms with Gasteiger partial charge in [0, 0.05) is 11.4 Å². The Labute approximate surface area is 90.2 Å². The molecule has 80 valence electrons. The molecule has 0 spiro atoms. The maximum atomic E-state index is 9.83. The molecule has 3 heteroatoms. The van der Waals surface area contributed by atoms with Crippen LogP contribution in [0.4, 0.5) is 0 Å². The van der Waals surface area contributed by atoms with E-state index in [-0.39, 0.29) is 6.10 Å². The second-order valence-electron chi connectivity index (χ2n) is 3.35. The van der Waals surface area contributed by atoms with Crippen LogP contribution in [0.3, 0.4) is 0 Å². The third-order valence-electron chi connectivity index (χ3n) is 2.48. The minimum absolute atomic E-state index is 0.282. The van der Waals surface area contributed by atoms with E-state index in [0.717, 1.165) is 30.9 Å². The molecule has 14 heavy (non-hydrogen) atoms. The zero-order valence-electron chi connectivity index (χ0n) is 8.94. The third kappa shape index (κ3) is 3.40. The number of nitrogens with zero attached hydrogens (tertiary/aromatic N) is 1. The van der Waals surface area contributed by atoms with Crippen molar-refractivity contribution in [3.63, 3.8) is 0 Å². The molecule has 0 aliphatic rings. The van der Waals surface area contributed by atoms with Gasteiger partial charge in [0.1, 0.15) is 0 Å². The van der Waals surface area contributed by atoms with E-state index in [4.69, 9.17) is 0 Å². The minimum Gasteiger partial charge on any atom is -0.388 e. The number of aliphatic hydroxyl groups is 1. The van der Waals surface area contributed by atoms with Crippen LogP contribution in [0.15, 0.2) is 17.5 Å². The van der Waals surface area contributed by atoms with Gasteiger partial charge in [-0.2, -0.15) is 0 Å². The van der Waals surface area contributed by atoms with Crippen LogP contribution in [0.5, 0.6) is 0 Å². The van der Waals surface area contributed by atoms with Gasteiger partial charge in [-0.25, -0.2) is 0 Å². The highest BCUT2D eigenvalue weighted by Gasteiger charge is 2.09. The highest BCUT2D eigenvalue weighted by atomic mass is 32.1. The van der Waals surface area contributed by atoms with Gasteiger partial charge < -0.3 is 10.0 Å². The Hall–Kier alpha value is -0.380. The molecule has 0 unspecified atom stereocenters. The Bertz CT molecular complexity index is 231. The fourth-order valence-corrected chi connectivity index (χ4v) is 2.21. The van der Waals surface area contributed by atoms with E-state index < -0.39 is 0 Å². The number of rotatable bonds is 6. The van der Waals surface area contributed by atoms with Crippen LogP contribution in [-0.4, -0.2) is 29.6 Å². The molecule has 0 aliphatic heterocycles. The lowest BCUT2D eigenvalue weighted by Crippen LogP contribution is -2.25. The van der Waals surface area contributed by atoms with Gasteiger partial charge in [-0.05, 0) is 31.0 Å². The van der Waals surface area contributed by atoms with E-state index in [1.165, 1.54) is 0 Å². The van der Waals surface area contributed by atoms with Gasteiger partial charge in [0.2, 0.25) is 0 Å². The predicted molar refractivity (Wildman–Crippen MR) is 61.7 cm³/mol. The SMILES string of the molecule is CCN(CC)CC[C@H](O)c1cccs1. The normalized spacial score (nSPS) is 13.4. The Balaban J connectivity index is 2.31. The zero-order valence-corrected chi connectivity index (χ0v) is 9.76. The molecule has 2 nitrogen and oxygen atoms in total. The largest absolute Gasteiger partial charge is 0.388 e. The molecule has 1 heterocycles. The number of aliphatic hydroxyl groups excluding tert-OH is 1. The monoisotopic (exact) mass is 213 g/mol. The first kappa shape index (κ1) is 11.7. The summed E-state index contributed by atoms with van der Waals surface area (Å²) in [5.41, 5.74) is 0. The van der Waals surface area contributed by atoms with E-state index in [1.807, 2.05) is 17.5 Å². The fourth-order valence-electron chi connectivity index (χ4n) is 1.47. The van der Waals surface area contributed by atoms with Crippen molar-refractivity contribution < 1.29 is 5.11 Å². The van der Waals surface area contributed by atoms with Gasteiger partial charge in [0.05, 0.1) is 6.10 Å². The molecule has 0 aliphatic carbocycles. The predicted octanol–water partition coefficient (Wildman–Crippen LogP) is 2.51. The first-order chi connectivity index (χ1) is 6.77. The topological polar surface area (TPSA) is 23.5 Å². The standard InChI is InChI=1S/C11H19NOS/c1-3-12(4-2)8-7-10(13)11-6-5-9-14-11/h5-6,9-10,13H,3-4,7-8H2,1-2H3/t10-/m0/s1. The van der Waals surface area contributed by atoms with Crippen molar-refractivity contribution in [2.45, 2.75) is 26.4 Å². The van der Waals surface area contributed by atoms with E-state index in [9.17, 15) is 5.11 Å². The number of hydrogen-bond donors (Lipinski definition) is 1. The van der Waals surface area contributed by atoms with Crippen LogP contribution < -0.4 is 0 Å². The smallest absolute Gasteiger partial charge is 0.0894 e. The van der Waals surface area contributed by atoms with Gasteiger partial charge >= 0.3 is 0 Å². The Kier molecular flexibility index (Phi) is 5.15. The van der Waals surface area contributed by atoms with Crippen LogP contribution >= 0.6 is 11.3 Å². The highest BCUT2D eigenvalue weighted by molar-refractivity contribution is 7.10. The number of hydrogen-bond acceptors (Lipinski definition) is 3. The number of thiophene rings is 1. The third-order valence-corrected chi connectivity index (χ3v) is 3.46. The summed E-state index contributed by atoms with van der Waals surface area (Å²) < 4.78 is 0. The average molecular weight is 213 g/mol. The summed E-state index contributed by atoms with van der Waals surface area (Å²) >= 11 is 1.63. The van der Waals surface area contributed by atoms with E-state index in [0.29, 0.717) is 0 Å². The average Bonchev–Trinajstić information content (AvgIpc) is 2.72. The van der Waals surface area contributed by atoms with E-state index in [2.05, 4.69) is 18.7 Å². The first-order valence-corrected chi connectivity index (χ1v) is 6.09. The zero-order chi connectivity index (χ0) is 10.4. The lowest BCUT2D eigenvalue weighted by molar-refractivity contribution is 0.148. The molecule has 0 radical (unpaired) electrons. The maximum absolute atomic E-state index is 9.83. The Morgan fingerprint density at radius 2 is 2.14 bits per heavy atom. The molecule has 0 saturated carbocycles. The second kappa shape index (κ2) is 6.17. The molecular weight excluding hydrogens is 194 g/mol. The van der Waals surface area contributed by atoms with Gasteiger partial charge in [0.15, 0.2) is 0 Å². The van der Waals surface area contributed by atoms with Crippen molar-refractivity contribution in [1.82, 2.24) is 4.90 Å². The molecule has 1 N–H and O–H groups in total.